The Morgan fingerprint density at radius 2 is 1.73 bits per heavy atom. The predicted molar refractivity (Wildman–Crippen MR) is 92.7 cm³/mol. The summed E-state index contributed by atoms with van der Waals surface area (Å²) in [7, 11) is -7.50. The fourth-order valence-electron chi connectivity index (χ4n) is 3.13. The van der Waals surface area contributed by atoms with Gasteiger partial charge >= 0.3 is 6.09 Å². The Balaban J connectivity index is 2.26. The molecule has 1 N–H and O–H groups in total. The van der Waals surface area contributed by atoms with Gasteiger partial charge in [0.2, 0.25) is 0 Å². The minimum absolute atomic E-state index is 0.208. The summed E-state index contributed by atoms with van der Waals surface area (Å²) < 4.78 is 54.7. The largest absolute Gasteiger partial charge is 0.465 e. The van der Waals surface area contributed by atoms with Crippen LogP contribution in [0.1, 0.15) is 12.0 Å². The van der Waals surface area contributed by atoms with Crippen molar-refractivity contribution in [3.63, 3.8) is 0 Å². The maximum absolute atomic E-state index is 11.8. The second-order valence-electron chi connectivity index (χ2n) is 6.35. The average Bonchev–Trinajstić information content (AvgIpc) is 2.47. The Bertz CT molecular complexity index is 853. The highest BCUT2D eigenvalue weighted by Gasteiger charge is 2.55. The van der Waals surface area contributed by atoms with Crippen LogP contribution in [0, 0.1) is 0 Å². The molecule has 9 nitrogen and oxygen atoms in total. The standard InChI is InChI=1S/C15H21NO8S2/c1-25(19,20)23-10-13-9-15(16(13)14(17)18,11-24-26(2,21)22)8-12-6-4-3-5-7-12/h3-7,13H,8-11H2,1-2H3,(H,17,18)/t13-,15+/m0/s1. The van der Waals surface area contributed by atoms with Crippen LogP contribution in [0.15, 0.2) is 30.3 Å². The van der Waals surface area contributed by atoms with Crippen molar-refractivity contribution in [3.05, 3.63) is 35.9 Å². The second kappa shape index (κ2) is 7.51. The summed E-state index contributed by atoms with van der Waals surface area (Å²) in [6, 6.07) is 8.25. The molecule has 0 radical (unpaired) electrons. The van der Waals surface area contributed by atoms with Gasteiger partial charge in [-0.05, 0) is 18.4 Å². The van der Waals surface area contributed by atoms with Crippen LogP contribution < -0.4 is 0 Å². The fraction of sp³-hybridized carbons (Fsp3) is 0.533. The third-order valence-electron chi connectivity index (χ3n) is 4.09. The minimum Gasteiger partial charge on any atom is -0.465 e. The molecule has 2 atom stereocenters. The zero-order chi connectivity index (χ0) is 19.6. The van der Waals surface area contributed by atoms with E-state index in [2.05, 4.69) is 0 Å². The molecule has 1 heterocycles. The van der Waals surface area contributed by atoms with Crippen LogP contribution >= 0.6 is 0 Å². The first-order chi connectivity index (χ1) is 11.9. The van der Waals surface area contributed by atoms with Crippen LogP contribution in [0.3, 0.4) is 0 Å². The zero-order valence-corrected chi connectivity index (χ0v) is 16.0. The highest BCUT2D eigenvalue weighted by molar-refractivity contribution is 7.86. The van der Waals surface area contributed by atoms with Crippen molar-refractivity contribution in [1.82, 2.24) is 4.90 Å². The van der Waals surface area contributed by atoms with E-state index in [4.69, 9.17) is 8.37 Å². The van der Waals surface area contributed by atoms with E-state index in [1.54, 1.807) is 24.3 Å². The highest BCUT2D eigenvalue weighted by atomic mass is 32.2. The van der Waals surface area contributed by atoms with Gasteiger partial charge in [-0.15, -0.1) is 0 Å². The van der Waals surface area contributed by atoms with Gasteiger partial charge in [0.25, 0.3) is 20.2 Å². The van der Waals surface area contributed by atoms with E-state index in [1.807, 2.05) is 6.07 Å². The van der Waals surface area contributed by atoms with Gasteiger partial charge in [-0.3, -0.25) is 13.3 Å². The molecule has 0 aromatic heterocycles. The van der Waals surface area contributed by atoms with Crippen LogP contribution in [0.2, 0.25) is 0 Å². The Morgan fingerprint density at radius 3 is 2.23 bits per heavy atom. The van der Waals surface area contributed by atoms with E-state index < -0.39 is 37.9 Å². The molecule has 1 aliphatic heterocycles. The summed E-state index contributed by atoms with van der Waals surface area (Å²) in [5.74, 6) is 0. The Labute approximate surface area is 152 Å². The van der Waals surface area contributed by atoms with Crippen molar-refractivity contribution in [1.29, 1.82) is 0 Å². The van der Waals surface area contributed by atoms with E-state index in [0.29, 0.717) is 0 Å². The quantitative estimate of drug-likeness (QED) is 0.623. The first kappa shape index (κ1) is 20.6. The van der Waals surface area contributed by atoms with Gasteiger partial charge in [-0.1, -0.05) is 30.3 Å². The van der Waals surface area contributed by atoms with E-state index in [-0.39, 0.29) is 26.1 Å². The number of carbonyl (C=O) groups is 1. The van der Waals surface area contributed by atoms with Crippen LogP contribution in [-0.2, 0) is 35.0 Å². The van der Waals surface area contributed by atoms with Crippen molar-refractivity contribution in [2.75, 3.05) is 25.7 Å². The molecule has 26 heavy (non-hydrogen) atoms. The molecule has 1 aliphatic rings. The van der Waals surface area contributed by atoms with E-state index in [0.717, 1.165) is 23.0 Å². The number of hydrogen-bond donors (Lipinski definition) is 1. The highest BCUT2D eigenvalue weighted by Crippen LogP contribution is 2.40. The van der Waals surface area contributed by atoms with Crippen LogP contribution in [0.4, 0.5) is 4.79 Å². The topological polar surface area (TPSA) is 127 Å². The molecule has 146 valence electrons. The lowest BCUT2D eigenvalue weighted by molar-refractivity contribution is -0.0862. The minimum atomic E-state index is -3.77. The molecule has 0 aliphatic carbocycles. The summed E-state index contributed by atoms with van der Waals surface area (Å²) in [6.45, 7) is -0.692. The first-order valence-corrected chi connectivity index (χ1v) is 11.3. The van der Waals surface area contributed by atoms with Gasteiger partial charge in [0.15, 0.2) is 0 Å². The van der Waals surface area contributed by atoms with Gasteiger partial charge < -0.3 is 5.11 Å². The average molecular weight is 407 g/mol. The third-order valence-corrected chi connectivity index (χ3v) is 5.20. The van der Waals surface area contributed by atoms with Crippen molar-refractivity contribution in [3.8, 4) is 0 Å². The number of likely N-dealkylation sites (tertiary alicyclic amines) is 1. The lowest BCUT2D eigenvalue weighted by Crippen LogP contribution is -2.72. The second-order valence-corrected chi connectivity index (χ2v) is 9.64. The first-order valence-electron chi connectivity index (χ1n) is 7.67. The molecular formula is C15H21NO8S2. The summed E-state index contributed by atoms with van der Waals surface area (Å²) in [6.07, 6.45) is 0.897. The van der Waals surface area contributed by atoms with Gasteiger partial charge in [0, 0.05) is 0 Å². The molecule has 1 saturated heterocycles. The molecule has 2 rings (SSSR count). The van der Waals surface area contributed by atoms with E-state index in [9.17, 15) is 26.7 Å². The number of rotatable bonds is 8. The van der Waals surface area contributed by atoms with Gasteiger partial charge in [0.05, 0.1) is 37.3 Å². The molecule has 0 saturated carbocycles. The van der Waals surface area contributed by atoms with Gasteiger partial charge in [-0.2, -0.15) is 16.8 Å². The zero-order valence-electron chi connectivity index (χ0n) is 14.4. The lowest BCUT2D eigenvalue weighted by atomic mass is 9.75. The summed E-state index contributed by atoms with van der Waals surface area (Å²) in [5, 5.41) is 9.59. The molecule has 11 heteroatoms. The lowest BCUT2D eigenvalue weighted by Gasteiger charge is -2.56. The number of nitrogens with zero attached hydrogens (tertiary/aromatic N) is 1. The molecule has 1 aromatic rings. The third kappa shape index (κ3) is 5.40. The smallest absolute Gasteiger partial charge is 0.408 e. The Kier molecular flexibility index (Phi) is 5.95. The Morgan fingerprint density at radius 1 is 1.15 bits per heavy atom. The van der Waals surface area contributed by atoms with Crippen molar-refractivity contribution < 1.29 is 35.1 Å². The molecule has 1 aromatic carbocycles. The monoisotopic (exact) mass is 407 g/mol. The molecule has 0 unspecified atom stereocenters. The molecule has 1 amide bonds. The van der Waals surface area contributed by atoms with Gasteiger partial charge in [0.1, 0.15) is 0 Å². The fourth-order valence-corrected chi connectivity index (χ4v) is 3.96. The number of carboxylic acid groups (broad SMARTS) is 1. The van der Waals surface area contributed by atoms with Crippen molar-refractivity contribution in [2.24, 2.45) is 0 Å². The number of amides is 1. The predicted octanol–water partition coefficient (Wildman–Crippen LogP) is 0.673. The SMILES string of the molecule is CS(=O)(=O)OC[C@@H]1C[C@@](COS(C)(=O)=O)(Cc2ccccc2)N1C(=O)O. The molecule has 0 bridgehead atoms. The van der Waals surface area contributed by atoms with Crippen LogP contribution in [-0.4, -0.2) is 70.2 Å². The van der Waals surface area contributed by atoms with Crippen molar-refractivity contribution >= 4 is 26.3 Å². The molecule has 0 spiro atoms. The summed E-state index contributed by atoms with van der Waals surface area (Å²) >= 11 is 0. The summed E-state index contributed by atoms with van der Waals surface area (Å²) in [4.78, 5) is 12.8. The van der Waals surface area contributed by atoms with Crippen molar-refractivity contribution in [2.45, 2.75) is 24.4 Å². The number of benzene rings is 1. The Hall–Kier alpha value is -1.69. The molecular weight excluding hydrogens is 386 g/mol. The maximum Gasteiger partial charge on any atom is 0.408 e. The normalized spacial score (nSPS) is 23.5. The van der Waals surface area contributed by atoms with Crippen LogP contribution in [0.25, 0.3) is 0 Å². The molecule has 1 fully saturated rings. The number of hydrogen-bond acceptors (Lipinski definition) is 7. The van der Waals surface area contributed by atoms with Crippen LogP contribution in [0.5, 0.6) is 0 Å². The summed E-state index contributed by atoms with van der Waals surface area (Å²) in [5.41, 5.74) is -0.319. The van der Waals surface area contributed by atoms with Gasteiger partial charge in [-0.25, -0.2) is 4.79 Å². The maximum atomic E-state index is 11.8. The van der Waals surface area contributed by atoms with E-state index in [1.165, 1.54) is 0 Å². The van der Waals surface area contributed by atoms with E-state index >= 15 is 0 Å².